The molecule has 1 aliphatic rings. The Morgan fingerprint density at radius 2 is 1.57 bits per heavy atom. The summed E-state index contributed by atoms with van der Waals surface area (Å²) in [6.07, 6.45) is 2.41. The molecule has 1 amide bonds. The van der Waals surface area contributed by atoms with Crippen molar-refractivity contribution in [2.75, 3.05) is 72.0 Å². The Labute approximate surface area is 259 Å². The molecule has 0 aliphatic carbocycles. The Morgan fingerprint density at radius 1 is 0.929 bits per heavy atom. The van der Waals surface area contributed by atoms with Crippen molar-refractivity contribution in [2.24, 2.45) is 0 Å². The average Bonchev–Trinajstić information content (AvgIpc) is 3.52. The number of halogens is 2. The highest BCUT2D eigenvalue weighted by molar-refractivity contribution is 6.42. The summed E-state index contributed by atoms with van der Waals surface area (Å²) in [4.78, 5) is 31.5. The second-order valence-electron chi connectivity index (χ2n) is 10.9. The zero-order chi connectivity index (χ0) is 30.1. The molecule has 1 atom stereocenters. The summed E-state index contributed by atoms with van der Waals surface area (Å²) in [7, 11) is 5.15. The van der Waals surface area contributed by atoms with Crippen molar-refractivity contribution in [1.82, 2.24) is 15.1 Å². The molecule has 4 rings (SSSR count). The fourth-order valence-corrected chi connectivity index (χ4v) is 5.46. The fourth-order valence-electron chi connectivity index (χ4n) is 5.17. The number of likely N-dealkylation sites (tertiary alicyclic amines) is 1. The molecule has 1 unspecified atom stereocenters. The number of nitrogens with zero attached hydrogens (tertiary/aromatic N) is 3. The van der Waals surface area contributed by atoms with E-state index in [1.807, 2.05) is 35.2 Å². The van der Waals surface area contributed by atoms with Crippen LogP contribution in [-0.2, 0) is 9.53 Å². The quantitative estimate of drug-likeness (QED) is 0.248. The molecule has 0 spiro atoms. The molecule has 1 fully saturated rings. The van der Waals surface area contributed by atoms with Gasteiger partial charge in [0.15, 0.2) is 5.78 Å². The number of hydrogen-bond donors (Lipinski definition) is 1. The summed E-state index contributed by atoms with van der Waals surface area (Å²) < 4.78 is 5.28. The number of nitrogens with one attached hydrogen (secondary N) is 1. The van der Waals surface area contributed by atoms with Crippen molar-refractivity contribution in [3.63, 3.8) is 0 Å². The van der Waals surface area contributed by atoms with Crippen LogP contribution in [0.15, 0.2) is 66.7 Å². The van der Waals surface area contributed by atoms with E-state index in [-0.39, 0.29) is 30.8 Å². The molecule has 0 aromatic heterocycles. The normalized spacial score (nSPS) is 14.1. The Hall–Kier alpha value is -2.94. The monoisotopic (exact) mass is 610 g/mol. The molecule has 7 nitrogen and oxygen atoms in total. The lowest BCUT2D eigenvalue weighted by Gasteiger charge is -2.27. The van der Waals surface area contributed by atoms with Crippen molar-refractivity contribution in [3.05, 3.63) is 87.9 Å². The molecule has 0 radical (unpaired) electrons. The minimum atomic E-state index is -0.0129. The third-order valence-corrected chi connectivity index (χ3v) is 8.31. The van der Waals surface area contributed by atoms with E-state index in [0.29, 0.717) is 28.8 Å². The van der Waals surface area contributed by atoms with Crippen LogP contribution in [0.1, 0.15) is 34.8 Å². The predicted octanol–water partition coefficient (Wildman–Crippen LogP) is 5.81. The number of methoxy groups -OCH3 is 1. The van der Waals surface area contributed by atoms with Crippen LogP contribution < -0.4 is 10.2 Å². The summed E-state index contributed by atoms with van der Waals surface area (Å²) in [5, 5.41) is 4.48. The molecule has 0 bridgehead atoms. The van der Waals surface area contributed by atoms with E-state index >= 15 is 0 Å². The topological polar surface area (TPSA) is 65.1 Å². The Kier molecular flexibility index (Phi) is 11.8. The van der Waals surface area contributed by atoms with Gasteiger partial charge in [0.05, 0.1) is 29.7 Å². The van der Waals surface area contributed by atoms with Crippen LogP contribution in [0.25, 0.3) is 11.1 Å². The van der Waals surface area contributed by atoms with Gasteiger partial charge in [0, 0.05) is 51.6 Å². The lowest BCUT2D eigenvalue weighted by Crippen LogP contribution is -2.40. The van der Waals surface area contributed by atoms with Crippen molar-refractivity contribution in [2.45, 2.75) is 18.9 Å². The highest BCUT2D eigenvalue weighted by Gasteiger charge is 2.21. The van der Waals surface area contributed by atoms with Crippen molar-refractivity contribution < 1.29 is 14.3 Å². The van der Waals surface area contributed by atoms with Gasteiger partial charge < -0.3 is 24.8 Å². The number of amides is 1. The Morgan fingerprint density at radius 3 is 2.17 bits per heavy atom. The van der Waals surface area contributed by atoms with Crippen molar-refractivity contribution in [3.8, 4) is 11.1 Å². The van der Waals surface area contributed by atoms with E-state index in [1.165, 1.54) is 12.8 Å². The summed E-state index contributed by atoms with van der Waals surface area (Å²) >= 11 is 12.4. The van der Waals surface area contributed by atoms with Crippen LogP contribution in [0.3, 0.4) is 0 Å². The molecule has 0 saturated carbocycles. The number of ketones is 1. The number of carbonyl (C=O) groups excluding carboxylic acids is 2. The number of anilines is 1. The minimum Gasteiger partial charge on any atom is -0.383 e. The lowest BCUT2D eigenvalue weighted by atomic mass is 9.99. The number of hydrogen-bond acceptors (Lipinski definition) is 6. The first-order chi connectivity index (χ1) is 20.2. The van der Waals surface area contributed by atoms with E-state index in [0.717, 1.165) is 42.0 Å². The van der Waals surface area contributed by atoms with E-state index < -0.39 is 0 Å². The van der Waals surface area contributed by atoms with Gasteiger partial charge in [0.2, 0.25) is 0 Å². The standard InChI is InChI=1S/C33H40Cl2N4O3/c1-37(2)33(41)27-12-8-25(9-13-27)24-6-10-26(11-7-24)32(23-38-16-4-5-17-38)36-21-29(40)22-39(18-19-42-3)28-14-15-30(34)31(35)20-28/h6-15,20,32,36H,4-5,16-19,21-23H2,1-3H3. The van der Waals surface area contributed by atoms with Gasteiger partial charge in [-0.1, -0.05) is 59.6 Å². The van der Waals surface area contributed by atoms with Gasteiger partial charge in [0.25, 0.3) is 5.91 Å². The largest absolute Gasteiger partial charge is 0.383 e. The second-order valence-corrected chi connectivity index (χ2v) is 11.7. The van der Waals surface area contributed by atoms with Crippen LogP contribution >= 0.6 is 23.2 Å². The zero-order valence-electron chi connectivity index (χ0n) is 24.6. The maximum Gasteiger partial charge on any atom is 0.253 e. The molecule has 224 valence electrons. The second kappa shape index (κ2) is 15.5. The van der Waals surface area contributed by atoms with Crippen LogP contribution in [0, 0.1) is 0 Å². The molecule has 9 heteroatoms. The lowest BCUT2D eigenvalue weighted by molar-refractivity contribution is -0.117. The number of rotatable bonds is 14. The smallest absolute Gasteiger partial charge is 0.253 e. The van der Waals surface area contributed by atoms with E-state index in [9.17, 15) is 9.59 Å². The number of carbonyl (C=O) groups is 2. The summed E-state index contributed by atoms with van der Waals surface area (Å²) in [6, 6.07) is 21.6. The Balaban J connectivity index is 1.44. The molecular formula is C33H40Cl2N4O3. The first-order valence-electron chi connectivity index (χ1n) is 14.3. The molecule has 1 aliphatic heterocycles. The average molecular weight is 612 g/mol. The van der Waals surface area contributed by atoms with E-state index in [4.69, 9.17) is 27.9 Å². The fraction of sp³-hybridized carbons (Fsp3) is 0.394. The van der Waals surface area contributed by atoms with Gasteiger partial charge >= 0.3 is 0 Å². The number of benzene rings is 3. The minimum absolute atomic E-state index is 0.0126. The number of Topliss-reactive ketones (excluding diaryl/α,β-unsaturated/α-hetero) is 1. The third kappa shape index (κ3) is 8.79. The molecule has 42 heavy (non-hydrogen) atoms. The summed E-state index contributed by atoms with van der Waals surface area (Å²) in [5.41, 5.74) is 4.76. The molecular weight excluding hydrogens is 571 g/mol. The highest BCUT2D eigenvalue weighted by atomic mass is 35.5. The zero-order valence-corrected chi connectivity index (χ0v) is 26.1. The maximum atomic E-state index is 13.2. The first-order valence-corrected chi connectivity index (χ1v) is 15.1. The molecule has 3 aromatic carbocycles. The van der Waals surface area contributed by atoms with Crippen molar-refractivity contribution >= 4 is 40.6 Å². The van der Waals surface area contributed by atoms with Gasteiger partial charge in [-0.25, -0.2) is 0 Å². The van der Waals surface area contributed by atoms with Crippen LogP contribution in [0.4, 0.5) is 5.69 Å². The van der Waals surface area contributed by atoms with Gasteiger partial charge in [-0.05, 0) is 73.0 Å². The third-order valence-electron chi connectivity index (χ3n) is 7.57. The van der Waals surface area contributed by atoms with Gasteiger partial charge in [-0.2, -0.15) is 0 Å². The van der Waals surface area contributed by atoms with Crippen LogP contribution in [0.5, 0.6) is 0 Å². The molecule has 1 N–H and O–H groups in total. The molecule has 1 saturated heterocycles. The number of ether oxygens (including phenoxy) is 1. The van der Waals surface area contributed by atoms with Crippen LogP contribution in [-0.4, -0.2) is 88.6 Å². The van der Waals surface area contributed by atoms with Gasteiger partial charge in [-0.15, -0.1) is 0 Å². The van der Waals surface area contributed by atoms with E-state index in [2.05, 4.69) is 34.5 Å². The summed E-state index contributed by atoms with van der Waals surface area (Å²) in [6.45, 7) is 4.51. The maximum absolute atomic E-state index is 13.2. The van der Waals surface area contributed by atoms with Crippen LogP contribution in [0.2, 0.25) is 10.0 Å². The Bertz CT molecular complexity index is 1330. The summed E-state index contributed by atoms with van der Waals surface area (Å²) in [5.74, 6) is 0.0636. The van der Waals surface area contributed by atoms with E-state index in [1.54, 1.807) is 38.2 Å². The molecule has 1 heterocycles. The SMILES string of the molecule is COCCN(CC(=O)CNC(CN1CCCC1)c1ccc(-c2ccc(C(=O)N(C)C)cc2)cc1)c1ccc(Cl)c(Cl)c1. The van der Waals surface area contributed by atoms with Crippen molar-refractivity contribution in [1.29, 1.82) is 0 Å². The molecule has 3 aromatic rings. The first kappa shape index (κ1) is 32.0. The van der Waals surface area contributed by atoms with Gasteiger partial charge in [-0.3, -0.25) is 9.59 Å². The predicted molar refractivity (Wildman–Crippen MR) is 172 cm³/mol. The highest BCUT2D eigenvalue weighted by Crippen LogP contribution is 2.28. The van der Waals surface area contributed by atoms with Gasteiger partial charge in [0.1, 0.15) is 0 Å².